The summed E-state index contributed by atoms with van der Waals surface area (Å²) in [5, 5.41) is 0.309. The van der Waals surface area contributed by atoms with Crippen molar-refractivity contribution >= 4 is 17.4 Å². The summed E-state index contributed by atoms with van der Waals surface area (Å²) >= 11 is 5.74. The molecule has 1 aliphatic rings. The number of ether oxygens (including phenoxy) is 1. The Morgan fingerprint density at radius 3 is 3.00 bits per heavy atom. The van der Waals surface area contributed by atoms with Crippen LogP contribution < -0.4 is 10.5 Å². The van der Waals surface area contributed by atoms with Gasteiger partial charge in [-0.15, -0.1) is 0 Å². The Labute approximate surface area is 93.2 Å². The average molecular weight is 229 g/mol. The molecular weight excluding hydrogens is 216 g/mol. The number of hydrogen-bond donors (Lipinski definition) is 1. The number of nitrogens with zero attached hydrogens (tertiary/aromatic N) is 3. The number of nitrogen functional groups attached to an aromatic ring is 1. The molecule has 1 fully saturated rings. The van der Waals surface area contributed by atoms with Crippen molar-refractivity contribution in [3.05, 3.63) is 11.2 Å². The Kier molecular flexibility index (Phi) is 2.93. The molecule has 1 aromatic heterocycles. The molecule has 2 heterocycles. The lowest BCUT2D eigenvalue weighted by Gasteiger charge is -2.12. The Balaban J connectivity index is 2.04. The van der Waals surface area contributed by atoms with E-state index in [1.807, 2.05) is 0 Å². The fourth-order valence-electron chi connectivity index (χ4n) is 1.61. The Bertz CT molecular complexity index is 340. The van der Waals surface area contributed by atoms with Crippen molar-refractivity contribution in [2.75, 3.05) is 25.9 Å². The summed E-state index contributed by atoms with van der Waals surface area (Å²) in [4.78, 5) is 10.1. The van der Waals surface area contributed by atoms with Gasteiger partial charge in [-0.3, -0.25) is 0 Å². The number of likely N-dealkylation sites (N-methyl/N-ethyl adjacent to an activating group) is 1. The molecule has 15 heavy (non-hydrogen) atoms. The van der Waals surface area contributed by atoms with Gasteiger partial charge in [0.15, 0.2) is 0 Å². The van der Waals surface area contributed by atoms with E-state index in [2.05, 4.69) is 21.9 Å². The zero-order chi connectivity index (χ0) is 10.8. The second-order valence-electron chi connectivity index (χ2n) is 3.69. The third-order valence-corrected chi connectivity index (χ3v) is 2.51. The highest BCUT2D eigenvalue weighted by atomic mass is 35.5. The summed E-state index contributed by atoms with van der Waals surface area (Å²) in [7, 11) is 2.05. The maximum atomic E-state index is 5.74. The predicted molar refractivity (Wildman–Crippen MR) is 58.0 cm³/mol. The first-order chi connectivity index (χ1) is 7.13. The molecule has 5 nitrogen and oxygen atoms in total. The highest BCUT2D eigenvalue weighted by molar-refractivity contribution is 6.29. The first-order valence-electron chi connectivity index (χ1n) is 4.79. The summed E-state index contributed by atoms with van der Waals surface area (Å²) in [5.41, 5.74) is 5.54. The lowest BCUT2D eigenvalue weighted by atomic mass is 10.3. The smallest absolute Gasteiger partial charge is 0.320 e. The molecule has 0 aliphatic carbocycles. The van der Waals surface area contributed by atoms with Gasteiger partial charge in [0.1, 0.15) is 17.1 Å². The summed E-state index contributed by atoms with van der Waals surface area (Å²) in [6, 6.07) is 1.76. The zero-order valence-corrected chi connectivity index (χ0v) is 9.24. The molecule has 0 unspecified atom stereocenters. The number of likely N-dealkylation sites (tertiary alicyclic amines) is 1. The highest BCUT2D eigenvalue weighted by Gasteiger charge is 2.22. The number of rotatable bonds is 2. The molecule has 1 aromatic rings. The van der Waals surface area contributed by atoms with Crippen LogP contribution in [0.4, 0.5) is 5.82 Å². The standard InChI is InChI=1S/C9H13ClN4O/c1-14-3-2-6(5-14)15-9-12-7(10)4-8(11)13-9/h4,6H,2-3,5H2,1H3,(H2,11,12,13)/t6-/m1/s1. The van der Waals surface area contributed by atoms with Crippen LogP contribution in [-0.2, 0) is 0 Å². The van der Waals surface area contributed by atoms with Crippen molar-refractivity contribution in [2.24, 2.45) is 0 Å². The van der Waals surface area contributed by atoms with Gasteiger partial charge < -0.3 is 15.4 Å². The van der Waals surface area contributed by atoms with E-state index in [9.17, 15) is 0 Å². The Morgan fingerprint density at radius 2 is 2.40 bits per heavy atom. The van der Waals surface area contributed by atoms with Crippen LogP contribution in [0, 0.1) is 0 Å². The fourth-order valence-corrected chi connectivity index (χ4v) is 1.79. The van der Waals surface area contributed by atoms with E-state index < -0.39 is 0 Å². The van der Waals surface area contributed by atoms with E-state index in [1.54, 1.807) is 0 Å². The Morgan fingerprint density at radius 1 is 1.60 bits per heavy atom. The maximum Gasteiger partial charge on any atom is 0.320 e. The van der Waals surface area contributed by atoms with E-state index in [4.69, 9.17) is 22.1 Å². The minimum atomic E-state index is 0.132. The third kappa shape index (κ3) is 2.70. The zero-order valence-electron chi connectivity index (χ0n) is 8.48. The van der Waals surface area contributed by atoms with Crippen molar-refractivity contribution in [1.82, 2.24) is 14.9 Å². The number of anilines is 1. The van der Waals surface area contributed by atoms with Gasteiger partial charge in [0.05, 0.1) is 0 Å². The van der Waals surface area contributed by atoms with Gasteiger partial charge in [0, 0.05) is 19.2 Å². The minimum absolute atomic E-state index is 0.132. The van der Waals surface area contributed by atoms with Gasteiger partial charge in [-0.2, -0.15) is 9.97 Å². The molecule has 82 valence electrons. The van der Waals surface area contributed by atoms with E-state index in [0.29, 0.717) is 11.0 Å². The van der Waals surface area contributed by atoms with Crippen molar-refractivity contribution in [2.45, 2.75) is 12.5 Å². The molecule has 0 spiro atoms. The Hall–Kier alpha value is -1.07. The summed E-state index contributed by atoms with van der Waals surface area (Å²) in [6.45, 7) is 1.91. The minimum Gasteiger partial charge on any atom is -0.459 e. The van der Waals surface area contributed by atoms with Crippen molar-refractivity contribution in [1.29, 1.82) is 0 Å². The molecule has 1 saturated heterocycles. The summed E-state index contributed by atoms with van der Waals surface area (Å²) in [6.07, 6.45) is 1.11. The normalized spacial score (nSPS) is 21.9. The molecule has 0 aromatic carbocycles. The molecule has 2 rings (SSSR count). The highest BCUT2D eigenvalue weighted by Crippen LogP contribution is 2.17. The van der Waals surface area contributed by atoms with Crippen LogP contribution in [0.2, 0.25) is 5.15 Å². The number of nitrogens with two attached hydrogens (primary N) is 1. The van der Waals surface area contributed by atoms with Crippen LogP contribution >= 0.6 is 11.6 Å². The van der Waals surface area contributed by atoms with Crippen LogP contribution in [0.1, 0.15) is 6.42 Å². The SMILES string of the molecule is CN1CC[C@@H](Oc2nc(N)cc(Cl)n2)C1. The van der Waals surface area contributed by atoms with E-state index in [0.717, 1.165) is 19.5 Å². The summed E-state index contributed by atoms with van der Waals surface area (Å²) in [5.74, 6) is 0.330. The third-order valence-electron chi connectivity index (χ3n) is 2.31. The fraction of sp³-hybridized carbons (Fsp3) is 0.556. The van der Waals surface area contributed by atoms with Crippen LogP contribution in [0.5, 0.6) is 6.01 Å². The number of aromatic nitrogens is 2. The second-order valence-corrected chi connectivity index (χ2v) is 4.08. The van der Waals surface area contributed by atoms with Gasteiger partial charge >= 0.3 is 6.01 Å². The first kappa shape index (κ1) is 10.4. The van der Waals surface area contributed by atoms with E-state index >= 15 is 0 Å². The largest absolute Gasteiger partial charge is 0.459 e. The number of hydrogen-bond acceptors (Lipinski definition) is 5. The maximum absolute atomic E-state index is 5.74. The van der Waals surface area contributed by atoms with Gasteiger partial charge in [-0.25, -0.2) is 0 Å². The molecule has 0 bridgehead atoms. The average Bonchev–Trinajstić information content (AvgIpc) is 2.49. The summed E-state index contributed by atoms with van der Waals surface area (Å²) < 4.78 is 5.58. The molecule has 1 atom stereocenters. The lowest BCUT2D eigenvalue weighted by Crippen LogP contribution is -2.22. The molecule has 2 N–H and O–H groups in total. The van der Waals surface area contributed by atoms with E-state index in [-0.39, 0.29) is 12.1 Å². The van der Waals surface area contributed by atoms with Gasteiger partial charge in [-0.1, -0.05) is 11.6 Å². The molecule has 0 radical (unpaired) electrons. The predicted octanol–water partition coefficient (Wildman–Crippen LogP) is 0.795. The molecule has 1 aliphatic heterocycles. The molecule has 0 saturated carbocycles. The monoisotopic (exact) mass is 228 g/mol. The van der Waals surface area contributed by atoms with Crippen molar-refractivity contribution in [3.8, 4) is 6.01 Å². The van der Waals surface area contributed by atoms with Crippen molar-refractivity contribution in [3.63, 3.8) is 0 Å². The van der Waals surface area contributed by atoms with Gasteiger partial charge in [0.25, 0.3) is 0 Å². The quantitative estimate of drug-likeness (QED) is 0.759. The van der Waals surface area contributed by atoms with Crippen LogP contribution in [0.3, 0.4) is 0 Å². The molecular formula is C9H13ClN4O. The van der Waals surface area contributed by atoms with Crippen LogP contribution in [-0.4, -0.2) is 41.1 Å². The topological polar surface area (TPSA) is 64.3 Å². The van der Waals surface area contributed by atoms with Crippen molar-refractivity contribution < 1.29 is 4.74 Å². The van der Waals surface area contributed by atoms with Crippen LogP contribution in [0.25, 0.3) is 0 Å². The lowest BCUT2D eigenvalue weighted by molar-refractivity contribution is 0.192. The van der Waals surface area contributed by atoms with E-state index in [1.165, 1.54) is 6.07 Å². The molecule has 0 amide bonds. The first-order valence-corrected chi connectivity index (χ1v) is 5.16. The molecule has 6 heteroatoms. The van der Waals surface area contributed by atoms with Gasteiger partial charge in [0.2, 0.25) is 0 Å². The second kappa shape index (κ2) is 4.20. The van der Waals surface area contributed by atoms with Crippen LogP contribution in [0.15, 0.2) is 6.07 Å². The number of halogens is 1. The van der Waals surface area contributed by atoms with Gasteiger partial charge in [-0.05, 0) is 13.5 Å².